The molecule has 0 aliphatic rings. The number of unbranched alkanes of at least 4 members (excludes halogenated alkanes) is 3. The van der Waals surface area contributed by atoms with E-state index in [0.29, 0.717) is 13.1 Å². The summed E-state index contributed by atoms with van der Waals surface area (Å²) in [6, 6.07) is 0. The standard InChI is InChI=1S/C19H39N3O4/c1-18(2,3)25-16(23)21-14-9-7-8-12-20-13-10-11-15-22-17(24)26-19(4,5)6/h20H,7-15H2,1-6H3,(H,21,23)(H,22,24). The van der Waals surface area contributed by atoms with Crippen molar-refractivity contribution in [3.63, 3.8) is 0 Å². The van der Waals surface area contributed by atoms with Crippen molar-refractivity contribution in [2.45, 2.75) is 84.8 Å². The largest absolute Gasteiger partial charge is 0.444 e. The highest BCUT2D eigenvalue weighted by Gasteiger charge is 2.16. The molecule has 0 spiro atoms. The van der Waals surface area contributed by atoms with E-state index in [0.717, 1.165) is 45.2 Å². The molecule has 0 aliphatic heterocycles. The van der Waals surface area contributed by atoms with E-state index in [1.807, 2.05) is 41.5 Å². The molecule has 0 fully saturated rings. The van der Waals surface area contributed by atoms with Gasteiger partial charge < -0.3 is 25.4 Å². The number of nitrogens with one attached hydrogen (secondary N) is 3. The van der Waals surface area contributed by atoms with E-state index < -0.39 is 11.2 Å². The Morgan fingerprint density at radius 2 is 0.962 bits per heavy atom. The van der Waals surface area contributed by atoms with Gasteiger partial charge in [-0.2, -0.15) is 0 Å². The maximum absolute atomic E-state index is 11.4. The first-order valence-corrected chi connectivity index (χ1v) is 9.64. The molecule has 0 atom stereocenters. The fourth-order valence-electron chi connectivity index (χ4n) is 2.06. The van der Waals surface area contributed by atoms with Gasteiger partial charge >= 0.3 is 12.2 Å². The van der Waals surface area contributed by atoms with Gasteiger partial charge in [0.1, 0.15) is 11.2 Å². The lowest BCUT2D eigenvalue weighted by atomic mass is 10.2. The molecule has 0 radical (unpaired) electrons. The van der Waals surface area contributed by atoms with E-state index in [9.17, 15) is 9.59 Å². The Morgan fingerprint density at radius 1 is 0.615 bits per heavy atom. The van der Waals surface area contributed by atoms with Gasteiger partial charge in [0, 0.05) is 13.1 Å². The van der Waals surface area contributed by atoms with E-state index in [1.54, 1.807) is 0 Å². The van der Waals surface area contributed by atoms with Crippen molar-refractivity contribution in [1.82, 2.24) is 16.0 Å². The van der Waals surface area contributed by atoms with Gasteiger partial charge in [0.05, 0.1) is 0 Å². The molecule has 0 saturated heterocycles. The van der Waals surface area contributed by atoms with Crippen molar-refractivity contribution >= 4 is 12.2 Å². The Hall–Kier alpha value is -1.50. The van der Waals surface area contributed by atoms with Crippen LogP contribution in [0.1, 0.15) is 73.6 Å². The van der Waals surface area contributed by atoms with Crippen LogP contribution in [0.15, 0.2) is 0 Å². The van der Waals surface area contributed by atoms with Crippen LogP contribution in [0, 0.1) is 0 Å². The smallest absolute Gasteiger partial charge is 0.407 e. The number of carbonyl (C=O) groups is 2. The lowest BCUT2D eigenvalue weighted by Crippen LogP contribution is -2.33. The van der Waals surface area contributed by atoms with Crippen LogP contribution in [0.4, 0.5) is 9.59 Å². The summed E-state index contributed by atoms with van der Waals surface area (Å²) in [5, 5.41) is 8.90. The molecule has 0 bridgehead atoms. The fraction of sp³-hybridized carbons (Fsp3) is 0.895. The number of rotatable bonds is 11. The Bertz CT molecular complexity index is 363. The zero-order valence-electron chi connectivity index (χ0n) is 17.5. The van der Waals surface area contributed by atoms with Crippen LogP contribution < -0.4 is 16.0 Å². The normalized spacial score (nSPS) is 11.8. The highest BCUT2D eigenvalue weighted by Crippen LogP contribution is 2.07. The molecule has 26 heavy (non-hydrogen) atoms. The second-order valence-electron chi connectivity index (χ2n) is 8.38. The maximum Gasteiger partial charge on any atom is 0.407 e. The van der Waals surface area contributed by atoms with Crippen molar-refractivity contribution in [3.8, 4) is 0 Å². The molecule has 7 nitrogen and oxygen atoms in total. The van der Waals surface area contributed by atoms with Gasteiger partial charge in [-0.15, -0.1) is 0 Å². The number of ether oxygens (including phenoxy) is 2. The van der Waals surface area contributed by atoms with E-state index in [1.165, 1.54) is 0 Å². The predicted molar refractivity (Wildman–Crippen MR) is 104 cm³/mol. The van der Waals surface area contributed by atoms with Gasteiger partial charge in [0.15, 0.2) is 0 Å². The van der Waals surface area contributed by atoms with Crippen LogP contribution in [0.3, 0.4) is 0 Å². The van der Waals surface area contributed by atoms with Crippen LogP contribution in [0.25, 0.3) is 0 Å². The number of amides is 2. The monoisotopic (exact) mass is 373 g/mol. The third-order valence-electron chi connectivity index (χ3n) is 3.15. The minimum atomic E-state index is -0.450. The molecule has 0 heterocycles. The summed E-state index contributed by atoms with van der Waals surface area (Å²) in [4.78, 5) is 22.9. The first-order valence-electron chi connectivity index (χ1n) is 9.64. The Morgan fingerprint density at radius 3 is 1.38 bits per heavy atom. The average molecular weight is 374 g/mol. The van der Waals surface area contributed by atoms with Crippen molar-refractivity contribution < 1.29 is 19.1 Å². The van der Waals surface area contributed by atoms with Crippen LogP contribution in [-0.4, -0.2) is 49.6 Å². The minimum absolute atomic E-state index is 0.351. The number of alkyl carbamates (subject to hydrolysis) is 2. The molecule has 3 N–H and O–H groups in total. The predicted octanol–water partition coefficient (Wildman–Crippen LogP) is 3.58. The Labute approximate surface area is 159 Å². The van der Waals surface area contributed by atoms with Gasteiger partial charge in [-0.05, 0) is 80.3 Å². The molecule has 0 aromatic carbocycles. The summed E-state index contributed by atoms with van der Waals surface area (Å²) in [6.45, 7) is 14.3. The van der Waals surface area contributed by atoms with E-state index in [2.05, 4.69) is 16.0 Å². The van der Waals surface area contributed by atoms with Crippen LogP contribution >= 0.6 is 0 Å². The molecule has 154 valence electrons. The number of hydrogen-bond acceptors (Lipinski definition) is 5. The molecule has 0 rings (SSSR count). The topological polar surface area (TPSA) is 88.7 Å². The molecular formula is C19H39N3O4. The highest BCUT2D eigenvalue weighted by molar-refractivity contribution is 5.67. The van der Waals surface area contributed by atoms with E-state index in [-0.39, 0.29) is 12.2 Å². The van der Waals surface area contributed by atoms with Crippen molar-refractivity contribution in [2.24, 2.45) is 0 Å². The molecule has 0 aromatic heterocycles. The summed E-state index contributed by atoms with van der Waals surface area (Å²) in [6.07, 6.45) is 4.30. The Kier molecular flexibility index (Phi) is 12.1. The second kappa shape index (κ2) is 12.8. The Balaban J connectivity index is 3.32. The van der Waals surface area contributed by atoms with Crippen LogP contribution in [-0.2, 0) is 9.47 Å². The van der Waals surface area contributed by atoms with Gasteiger partial charge in [-0.3, -0.25) is 0 Å². The minimum Gasteiger partial charge on any atom is -0.444 e. The molecule has 7 heteroatoms. The lowest BCUT2D eigenvalue weighted by Gasteiger charge is -2.19. The van der Waals surface area contributed by atoms with Crippen molar-refractivity contribution in [1.29, 1.82) is 0 Å². The average Bonchev–Trinajstić information content (AvgIpc) is 2.44. The summed E-state index contributed by atoms with van der Waals surface area (Å²) in [5.74, 6) is 0. The molecule has 2 amide bonds. The first kappa shape index (κ1) is 24.5. The summed E-state index contributed by atoms with van der Waals surface area (Å²) in [7, 11) is 0. The highest BCUT2D eigenvalue weighted by atomic mass is 16.6. The molecule has 0 aromatic rings. The molecule has 0 unspecified atom stereocenters. The van der Waals surface area contributed by atoms with Gasteiger partial charge in [0.25, 0.3) is 0 Å². The number of hydrogen-bond donors (Lipinski definition) is 3. The first-order chi connectivity index (χ1) is 12.0. The summed E-state index contributed by atoms with van der Waals surface area (Å²) < 4.78 is 10.3. The maximum atomic E-state index is 11.4. The molecule has 0 saturated carbocycles. The van der Waals surface area contributed by atoms with Crippen molar-refractivity contribution in [2.75, 3.05) is 26.2 Å². The van der Waals surface area contributed by atoms with E-state index in [4.69, 9.17) is 9.47 Å². The lowest BCUT2D eigenvalue weighted by molar-refractivity contribution is 0.0515. The van der Waals surface area contributed by atoms with Crippen molar-refractivity contribution in [3.05, 3.63) is 0 Å². The van der Waals surface area contributed by atoms with Gasteiger partial charge in [-0.1, -0.05) is 6.42 Å². The van der Waals surface area contributed by atoms with Gasteiger partial charge in [0.2, 0.25) is 0 Å². The molecule has 0 aliphatic carbocycles. The second-order valence-corrected chi connectivity index (χ2v) is 8.38. The summed E-state index contributed by atoms with van der Waals surface area (Å²) >= 11 is 0. The number of carbonyl (C=O) groups excluding carboxylic acids is 2. The van der Waals surface area contributed by atoms with Crippen LogP contribution in [0.5, 0.6) is 0 Å². The zero-order chi connectivity index (χ0) is 20.1. The van der Waals surface area contributed by atoms with Crippen LogP contribution in [0.2, 0.25) is 0 Å². The van der Waals surface area contributed by atoms with E-state index >= 15 is 0 Å². The van der Waals surface area contributed by atoms with Gasteiger partial charge in [-0.25, -0.2) is 9.59 Å². The zero-order valence-corrected chi connectivity index (χ0v) is 17.5. The molecular weight excluding hydrogens is 334 g/mol. The SMILES string of the molecule is CC(C)(C)OC(=O)NCCCCCNCCCCNC(=O)OC(C)(C)C. The fourth-order valence-corrected chi connectivity index (χ4v) is 2.06. The quantitative estimate of drug-likeness (QED) is 0.482. The third kappa shape index (κ3) is 18.8. The summed E-state index contributed by atoms with van der Waals surface area (Å²) in [5.41, 5.74) is -0.898. The third-order valence-corrected chi connectivity index (χ3v) is 3.15.